The van der Waals surface area contributed by atoms with Crippen molar-refractivity contribution in [2.75, 3.05) is 33.3 Å². The summed E-state index contributed by atoms with van der Waals surface area (Å²) in [6.45, 7) is 9.40. The average Bonchev–Trinajstić information content (AvgIpc) is 2.15. The molecular formula is C66H84FN13O8. The molecule has 5 heterocycles. The highest BCUT2D eigenvalue weighted by molar-refractivity contribution is 6.15. The number of carbonyl (C=O) groups excluding carboxylic acids is 6. The van der Waals surface area contributed by atoms with Gasteiger partial charge in [0.1, 0.15) is 29.6 Å². The maximum Gasteiger partial charge on any atom is 0.407 e. The number of carbonyl (C=O) groups is 6. The molecule has 10 rings (SSSR count). The van der Waals surface area contributed by atoms with E-state index in [1.165, 1.54) is 19.2 Å². The molecule has 1 saturated heterocycles. The number of amides is 6. The van der Waals surface area contributed by atoms with Crippen LogP contribution < -0.4 is 37.6 Å². The Morgan fingerprint density at radius 1 is 0.807 bits per heavy atom. The van der Waals surface area contributed by atoms with Gasteiger partial charge in [-0.3, -0.25) is 37.8 Å². The van der Waals surface area contributed by atoms with Crippen LogP contribution in [0.1, 0.15) is 146 Å². The first-order valence-corrected chi connectivity index (χ1v) is 31.5. The van der Waals surface area contributed by atoms with Crippen molar-refractivity contribution in [2.45, 2.75) is 166 Å². The lowest BCUT2D eigenvalue weighted by Gasteiger charge is -2.35. The largest absolute Gasteiger partial charge is 0.453 e. The van der Waals surface area contributed by atoms with Crippen molar-refractivity contribution in [3.05, 3.63) is 107 Å². The topological polar surface area (TPSA) is 260 Å². The van der Waals surface area contributed by atoms with Gasteiger partial charge in [0.2, 0.25) is 23.6 Å². The van der Waals surface area contributed by atoms with Gasteiger partial charge in [-0.1, -0.05) is 74.6 Å². The SMILES string of the molecule is CCNC(=O)[C@H](Cc1ccccc1)NC(=O)[C@@H]1CCCN1C(=O)[C@@H](NC(=O)[C@H](C)NCCCCCCNC(=O)c1ccc(-c2[nH]c3ncc4c(c3c2-c2ccc3c(cnn3C(C)C)c2)n([C@@H]2CC[C@@H](NC(=O)OC)C2)c(=O)n4C)cc1F)C1CCCCC1. The molecule has 3 aliphatic rings. The van der Waals surface area contributed by atoms with E-state index in [1.54, 1.807) is 40.3 Å². The van der Waals surface area contributed by atoms with E-state index < -0.39 is 42.0 Å². The molecule has 2 saturated carbocycles. The second-order valence-corrected chi connectivity index (χ2v) is 24.3. The first-order chi connectivity index (χ1) is 42.5. The fourth-order valence-corrected chi connectivity index (χ4v) is 13.4. The van der Waals surface area contributed by atoms with Crippen molar-refractivity contribution >= 4 is 68.6 Å². The highest BCUT2D eigenvalue weighted by Crippen LogP contribution is 2.44. The quantitative estimate of drug-likeness (QED) is 0.0283. The van der Waals surface area contributed by atoms with Gasteiger partial charge in [-0.15, -0.1) is 0 Å². The Labute approximate surface area is 511 Å². The van der Waals surface area contributed by atoms with E-state index in [9.17, 15) is 33.6 Å². The first kappa shape index (κ1) is 62.6. The highest BCUT2D eigenvalue weighted by atomic mass is 19.1. The monoisotopic (exact) mass is 1210 g/mol. The minimum absolute atomic E-state index is 0.0621. The summed E-state index contributed by atoms with van der Waals surface area (Å²) in [5.41, 5.74) is 5.81. The van der Waals surface area contributed by atoms with Crippen LogP contribution >= 0.6 is 0 Å². The zero-order valence-corrected chi connectivity index (χ0v) is 51.4. The van der Waals surface area contributed by atoms with Gasteiger partial charge >= 0.3 is 11.8 Å². The van der Waals surface area contributed by atoms with Crippen LogP contribution in [0.4, 0.5) is 9.18 Å². The number of hydrogen-bond donors (Lipinski definition) is 7. The predicted molar refractivity (Wildman–Crippen MR) is 336 cm³/mol. The zero-order valence-electron chi connectivity index (χ0n) is 51.4. The summed E-state index contributed by atoms with van der Waals surface area (Å²) >= 11 is 0. The molecule has 2 aliphatic carbocycles. The number of methoxy groups -OCH3 is 1. The minimum Gasteiger partial charge on any atom is -0.453 e. The molecule has 3 aromatic carbocycles. The Morgan fingerprint density at radius 3 is 2.31 bits per heavy atom. The zero-order chi connectivity index (χ0) is 62.2. The van der Waals surface area contributed by atoms with Crippen LogP contribution in [-0.2, 0) is 37.4 Å². The fourth-order valence-electron chi connectivity index (χ4n) is 13.4. The molecule has 6 amide bonds. The molecule has 0 radical (unpaired) electrons. The van der Waals surface area contributed by atoms with Crippen molar-refractivity contribution in [1.82, 2.24) is 65.7 Å². The van der Waals surface area contributed by atoms with Crippen molar-refractivity contribution in [1.29, 1.82) is 0 Å². The lowest BCUT2D eigenvalue weighted by molar-refractivity contribution is -0.143. The summed E-state index contributed by atoms with van der Waals surface area (Å²) in [4.78, 5) is 105. The number of halogens is 1. The van der Waals surface area contributed by atoms with Gasteiger partial charge in [-0.25, -0.2) is 19.0 Å². The van der Waals surface area contributed by atoms with Gasteiger partial charge in [-0.05, 0) is 133 Å². The van der Waals surface area contributed by atoms with Crippen LogP contribution in [0.3, 0.4) is 0 Å². The van der Waals surface area contributed by atoms with E-state index in [4.69, 9.17) is 9.72 Å². The number of pyridine rings is 1. The number of aryl methyl sites for hydroxylation is 1. The average molecular weight is 1210 g/mol. The van der Waals surface area contributed by atoms with Crippen molar-refractivity contribution in [2.24, 2.45) is 13.0 Å². The summed E-state index contributed by atoms with van der Waals surface area (Å²) < 4.78 is 26.6. The number of likely N-dealkylation sites (N-methyl/N-ethyl adjacent to an activating group) is 1. The number of fused-ring (bicyclic) bond motifs is 4. The Bertz CT molecular complexity index is 3730. The summed E-state index contributed by atoms with van der Waals surface area (Å²) in [6, 6.07) is 16.8. The highest BCUT2D eigenvalue weighted by Gasteiger charge is 2.42. The maximum absolute atomic E-state index is 16.4. The number of aromatic nitrogens is 6. The summed E-state index contributed by atoms with van der Waals surface area (Å²) in [6.07, 6.45) is 13.7. The molecule has 0 bridgehead atoms. The van der Waals surface area contributed by atoms with E-state index in [-0.39, 0.29) is 58.9 Å². The van der Waals surface area contributed by atoms with Gasteiger partial charge < -0.3 is 46.5 Å². The lowest BCUT2D eigenvalue weighted by atomic mass is 9.83. The number of nitrogens with one attached hydrogen (secondary N) is 7. The van der Waals surface area contributed by atoms with Crippen LogP contribution in [0.15, 0.2) is 83.9 Å². The number of ether oxygens (including phenoxy) is 1. The molecule has 4 aromatic heterocycles. The second kappa shape index (κ2) is 28.2. The van der Waals surface area contributed by atoms with Crippen molar-refractivity contribution in [3.63, 3.8) is 0 Å². The Kier molecular flexibility index (Phi) is 20.1. The third kappa shape index (κ3) is 13.7. The van der Waals surface area contributed by atoms with Gasteiger partial charge in [0, 0.05) is 67.7 Å². The van der Waals surface area contributed by atoms with Gasteiger partial charge in [0.05, 0.1) is 58.7 Å². The molecule has 7 aromatic rings. The van der Waals surface area contributed by atoms with E-state index in [2.05, 4.69) is 55.8 Å². The Morgan fingerprint density at radius 2 is 1.57 bits per heavy atom. The van der Waals surface area contributed by atoms with E-state index in [0.717, 1.165) is 73.4 Å². The van der Waals surface area contributed by atoms with E-state index >= 15 is 4.39 Å². The molecule has 3 fully saturated rings. The molecule has 0 unspecified atom stereocenters. The van der Waals surface area contributed by atoms with Crippen LogP contribution in [0.25, 0.3) is 55.4 Å². The maximum atomic E-state index is 16.4. The molecule has 22 heteroatoms. The molecule has 0 spiro atoms. The molecule has 7 N–H and O–H groups in total. The number of likely N-dealkylation sites (tertiary alicyclic amines) is 1. The number of alkyl carbamates (subject to hydrolysis) is 1. The van der Waals surface area contributed by atoms with Crippen LogP contribution in [0.5, 0.6) is 0 Å². The number of aromatic amines is 1. The van der Waals surface area contributed by atoms with Gasteiger partial charge in [0.25, 0.3) is 5.91 Å². The summed E-state index contributed by atoms with van der Waals surface area (Å²) in [7, 11) is 3.04. The Hall–Kier alpha value is -8.40. The number of nitrogens with zero attached hydrogens (tertiary/aromatic N) is 6. The second-order valence-electron chi connectivity index (χ2n) is 24.3. The van der Waals surface area contributed by atoms with Crippen LogP contribution in [-0.4, -0.2) is 133 Å². The Balaban J connectivity index is 0.752. The number of unbranched alkanes of at least 4 members (excludes halogenated alkanes) is 3. The van der Waals surface area contributed by atoms with Gasteiger partial charge in [-0.2, -0.15) is 5.10 Å². The summed E-state index contributed by atoms with van der Waals surface area (Å²) in [5, 5.41) is 24.2. The first-order valence-electron chi connectivity index (χ1n) is 31.5. The normalized spacial score (nSPS) is 18.2. The minimum atomic E-state index is -0.813. The number of rotatable bonds is 24. The van der Waals surface area contributed by atoms with Crippen molar-refractivity contribution < 1.29 is 37.9 Å². The standard InChI is InChI=1S/C66H84FN13O8/c1-7-68-62(83)50(33-41-19-12-10-13-20-41)74-63(84)52-23-18-32-78(52)64(85)57(42-21-14-11-15-22-42)76-60(81)40(4)69-30-16-8-9-17-31-70-61(82)48-28-24-44(35-49(48)67)56-54(43-25-29-51-45(34-43)37-72-80(51)39(2)3)55-58-53(38-71-59(55)75-56)77(5)66(87)79(58)47-27-26-46(36-47)73-65(86)88-6/h10,12-13,19-20,24-25,28-29,34-35,37-40,42,46-47,50,52,57,69H,7-9,11,14-18,21-23,26-27,30-33,36H2,1-6H3,(H,68,83)(H,70,82)(H,71,75)(H,73,86)(H,74,84)(H,76,81)/t40-,46+,47+,50-,52-,57-/m0/s1. The predicted octanol–water partition coefficient (Wildman–Crippen LogP) is 8.26. The van der Waals surface area contributed by atoms with E-state index in [0.29, 0.717) is 110 Å². The summed E-state index contributed by atoms with van der Waals surface area (Å²) in [5.74, 6) is -2.52. The van der Waals surface area contributed by atoms with Crippen molar-refractivity contribution in [3.8, 4) is 22.4 Å². The van der Waals surface area contributed by atoms with Crippen LogP contribution in [0.2, 0.25) is 0 Å². The number of hydrogen-bond acceptors (Lipinski definition) is 11. The number of benzene rings is 3. The van der Waals surface area contributed by atoms with Crippen LogP contribution in [0, 0.1) is 11.7 Å². The number of H-pyrrole nitrogens is 1. The fraction of sp³-hybridized carbons (Fsp3) is 0.500. The third-order valence-electron chi connectivity index (χ3n) is 18.0. The molecule has 1 aliphatic heterocycles. The van der Waals surface area contributed by atoms with E-state index in [1.807, 2.05) is 66.3 Å². The van der Waals surface area contributed by atoms with Gasteiger partial charge in [0.15, 0.2) is 0 Å². The molecule has 468 valence electrons. The molecule has 88 heavy (non-hydrogen) atoms. The molecular weight excluding hydrogens is 1120 g/mol. The number of imidazole rings is 1. The third-order valence-corrected chi connectivity index (χ3v) is 18.0. The molecule has 6 atom stereocenters. The molecule has 21 nitrogen and oxygen atoms in total. The lowest BCUT2D eigenvalue weighted by Crippen LogP contribution is -2.59. The smallest absolute Gasteiger partial charge is 0.407 e.